The van der Waals surface area contributed by atoms with E-state index >= 15 is 0 Å². The van der Waals surface area contributed by atoms with Gasteiger partial charge in [-0.05, 0) is 38.1 Å². The van der Waals surface area contributed by atoms with E-state index in [2.05, 4.69) is 53.3 Å². The Labute approximate surface area is 108 Å². The molecule has 0 aliphatic carbocycles. The molecule has 0 saturated carbocycles. The SMILES string of the molecule is CCN(CC)c1ccc(Nc2nccn2C)cc1. The molecule has 0 spiro atoms. The summed E-state index contributed by atoms with van der Waals surface area (Å²) < 4.78 is 1.96. The summed E-state index contributed by atoms with van der Waals surface area (Å²) in [7, 11) is 1.97. The van der Waals surface area contributed by atoms with Crippen molar-refractivity contribution >= 4 is 17.3 Å². The number of aryl methyl sites for hydroxylation is 1. The number of hydrogen-bond acceptors (Lipinski definition) is 3. The predicted molar refractivity (Wildman–Crippen MR) is 76.5 cm³/mol. The highest BCUT2D eigenvalue weighted by molar-refractivity contribution is 5.59. The van der Waals surface area contributed by atoms with Gasteiger partial charge in [0.15, 0.2) is 0 Å². The topological polar surface area (TPSA) is 33.1 Å². The minimum absolute atomic E-state index is 0.852. The zero-order valence-electron chi connectivity index (χ0n) is 11.2. The predicted octanol–water partition coefficient (Wildman–Crippen LogP) is 3.01. The fourth-order valence-corrected chi connectivity index (χ4v) is 1.96. The number of rotatable bonds is 5. The molecule has 2 aromatic rings. The Morgan fingerprint density at radius 1 is 1.17 bits per heavy atom. The molecule has 0 aliphatic rings. The van der Waals surface area contributed by atoms with Gasteiger partial charge in [0.1, 0.15) is 0 Å². The van der Waals surface area contributed by atoms with Crippen LogP contribution in [0.15, 0.2) is 36.7 Å². The van der Waals surface area contributed by atoms with Crippen LogP contribution in [0.3, 0.4) is 0 Å². The molecule has 1 aromatic heterocycles. The molecule has 1 aromatic carbocycles. The molecule has 0 amide bonds. The van der Waals surface area contributed by atoms with Gasteiger partial charge in [-0.15, -0.1) is 0 Å². The van der Waals surface area contributed by atoms with Crippen molar-refractivity contribution < 1.29 is 0 Å². The fraction of sp³-hybridized carbons (Fsp3) is 0.357. The second kappa shape index (κ2) is 5.58. The zero-order chi connectivity index (χ0) is 13.0. The Kier molecular flexibility index (Phi) is 3.87. The molecule has 0 saturated heterocycles. The smallest absolute Gasteiger partial charge is 0.207 e. The summed E-state index contributed by atoms with van der Waals surface area (Å²) in [6.07, 6.45) is 3.71. The first kappa shape index (κ1) is 12.5. The molecule has 0 radical (unpaired) electrons. The standard InChI is InChI=1S/C14H20N4/c1-4-18(5-2)13-8-6-12(7-9-13)16-14-15-10-11-17(14)3/h6-11H,4-5H2,1-3H3,(H,15,16). The van der Waals surface area contributed by atoms with Crippen LogP contribution in [0.5, 0.6) is 0 Å². The number of anilines is 3. The molecule has 4 nitrogen and oxygen atoms in total. The van der Waals surface area contributed by atoms with Crippen LogP contribution in [0.2, 0.25) is 0 Å². The largest absolute Gasteiger partial charge is 0.372 e. The second-order valence-corrected chi connectivity index (χ2v) is 4.21. The van der Waals surface area contributed by atoms with Crippen molar-refractivity contribution in [2.75, 3.05) is 23.3 Å². The third kappa shape index (κ3) is 2.64. The average molecular weight is 244 g/mol. The van der Waals surface area contributed by atoms with Crippen molar-refractivity contribution in [3.8, 4) is 0 Å². The van der Waals surface area contributed by atoms with Crippen molar-refractivity contribution in [1.29, 1.82) is 0 Å². The monoisotopic (exact) mass is 244 g/mol. The highest BCUT2D eigenvalue weighted by atomic mass is 15.2. The summed E-state index contributed by atoms with van der Waals surface area (Å²) in [5, 5.41) is 3.29. The maximum absolute atomic E-state index is 4.24. The quantitative estimate of drug-likeness (QED) is 0.877. The Bertz CT molecular complexity index is 483. The molecule has 4 heteroatoms. The lowest BCUT2D eigenvalue weighted by Crippen LogP contribution is -2.21. The maximum Gasteiger partial charge on any atom is 0.207 e. The van der Waals surface area contributed by atoms with Crippen molar-refractivity contribution in [3.05, 3.63) is 36.7 Å². The zero-order valence-corrected chi connectivity index (χ0v) is 11.2. The number of benzene rings is 1. The van der Waals surface area contributed by atoms with Crippen LogP contribution in [-0.4, -0.2) is 22.6 Å². The van der Waals surface area contributed by atoms with Crippen LogP contribution >= 0.6 is 0 Å². The van der Waals surface area contributed by atoms with Crippen LogP contribution in [0, 0.1) is 0 Å². The van der Waals surface area contributed by atoms with E-state index in [0.29, 0.717) is 0 Å². The van der Waals surface area contributed by atoms with Crippen molar-refractivity contribution in [3.63, 3.8) is 0 Å². The van der Waals surface area contributed by atoms with Gasteiger partial charge in [0.2, 0.25) is 5.95 Å². The second-order valence-electron chi connectivity index (χ2n) is 4.21. The van der Waals surface area contributed by atoms with Crippen molar-refractivity contribution in [1.82, 2.24) is 9.55 Å². The van der Waals surface area contributed by atoms with E-state index < -0.39 is 0 Å². The molecule has 0 atom stereocenters. The van der Waals surface area contributed by atoms with E-state index in [1.165, 1.54) is 5.69 Å². The van der Waals surface area contributed by atoms with Crippen LogP contribution in [0.4, 0.5) is 17.3 Å². The summed E-state index contributed by atoms with van der Waals surface area (Å²) >= 11 is 0. The molecule has 96 valence electrons. The molecule has 1 heterocycles. The van der Waals surface area contributed by atoms with E-state index in [-0.39, 0.29) is 0 Å². The summed E-state index contributed by atoms with van der Waals surface area (Å²) in [6, 6.07) is 8.45. The van der Waals surface area contributed by atoms with Gasteiger partial charge in [-0.3, -0.25) is 0 Å². The van der Waals surface area contributed by atoms with Gasteiger partial charge < -0.3 is 14.8 Å². The number of aromatic nitrogens is 2. The van der Waals surface area contributed by atoms with E-state index in [4.69, 9.17) is 0 Å². The molecule has 1 N–H and O–H groups in total. The molecule has 0 fully saturated rings. The first-order valence-electron chi connectivity index (χ1n) is 6.34. The third-order valence-electron chi connectivity index (χ3n) is 3.07. The van der Waals surface area contributed by atoms with Gasteiger partial charge in [0, 0.05) is 43.9 Å². The van der Waals surface area contributed by atoms with Crippen LogP contribution < -0.4 is 10.2 Å². The first-order chi connectivity index (χ1) is 8.74. The lowest BCUT2D eigenvalue weighted by atomic mass is 10.2. The summed E-state index contributed by atoms with van der Waals surface area (Å²) in [5.41, 5.74) is 2.31. The van der Waals surface area contributed by atoms with Gasteiger partial charge in [-0.25, -0.2) is 4.98 Å². The number of hydrogen-bond donors (Lipinski definition) is 1. The van der Waals surface area contributed by atoms with Crippen molar-refractivity contribution in [2.24, 2.45) is 7.05 Å². The van der Waals surface area contributed by atoms with Gasteiger partial charge in [-0.1, -0.05) is 0 Å². The van der Waals surface area contributed by atoms with E-state index in [0.717, 1.165) is 24.7 Å². The van der Waals surface area contributed by atoms with E-state index in [9.17, 15) is 0 Å². The molecular formula is C14H20N4. The molecule has 2 rings (SSSR count). The van der Waals surface area contributed by atoms with Crippen LogP contribution in [-0.2, 0) is 7.05 Å². The molecule has 0 aliphatic heterocycles. The summed E-state index contributed by atoms with van der Waals surface area (Å²) in [6.45, 7) is 6.40. The number of nitrogens with one attached hydrogen (secondary N) is 1. The highest BCUT2D eigenvalue weighted by Gasteiger charge is 2.03. The molecule has 0 unspecified atom stereocenters. The fourth-order valence-electron chi connectivity index (χ4n) is 1.96. The highest BCUT2D eigenvalue weighted by Crippen LogP contribution is 2.20. The lowest BCUT2D eigenvalue weighted by Gasteiger charge is -2.21. The molecular weight excluding hydrogens is 224 g/mol. The van der Waals surface area contributed by atoms with Crippen molar-refractivity contribution in [2.45, 2.75) is 13.8 Å². The Morgan fingerprint density at radius 3 is 2.33 bits per heavy atom. The summed E-state index contributed by atoms with van der Waals surface area (Å²) in [4.78, 5) is 6.57. The maximum atomic E-state index is 4.24. The molecule has 18 heavy (non-hydrogen) atoms. The third-order valence-corrected chi connectivity index (χ3v) is 3.07. The lowest BCUT2D eigenvalue weighted by molar-refractivity contribution is 0.866. The first-order valence-corrected chi connectivity index (χ1v) is 6.34. The van der Waals surface area contributed by atoms with E-state index in [1.807, 2.05) is 17.8 Å². The van der Waals surface area contributed by atoms with Crippen LogP contribution in [0.25, 0.3) is 0 Å². The van der Waals surface area contributed by atoms with Gasteiger partial charge in [0.05, 0.1) is 0 Å². The number of nitrogens with zero attached hydrogens (tertiary/aromatic N) is 3. The normalized spacial score (nSPS) is 10.4. The number of imidazole rings is 1. The Balaban J connectivity index is 2.10. The van der Waals surface area contributed by atoms with E-state index in [1.54, 1.807) is 6.20 Å². The van der Waals surface area contributed by atoms with Gasteiger partial charge >= 0.3 is 0 Å². The van der Waals surface area contributed by atoms with Gasteiger partial charge in [0.25, 0.3) is 0 Å². The molecule has 0 bridgehead atoms. The minimum atomic E-state index is 0.852. The Morgan fingerprint density at radius 2 is 1.83 bits per heavy atom. The van der Waals surface area contributed by atoms with Crippen LogP contribution in [0.1, 0.15) is 13.8 Å². The van der Waals surface area contributed by atoms with Gasteiger partial charge in [-0.2, -0.15) is 0 Å². The Hall–Kier alpha value is -1.97. The average Bonchev–Trinajstić information content (AvgIpc) is 2.79. The minimum Gasteiger partial charge on any atom is -0.372 e. The summed E-state index contributed by atoms with van der Waals surface area (Å²) in [5.74, 6) is 0.852.